The largest absolute Gasteiger partial charge is 0.334 e. The summed E-state index contributed by atoms with van der Waals surface area (Å²) in [5.74, 6) is 0.670. The van der Waals surface area contributed by atoms with Crippen molar-refractivity contribution in [3.05, 3.63) is 47.1 Å². The lowest BCUT2D eigenvalue weighted by molar-refractivity contribution is 0.252. The van der Waals surface area contributed by atoms with Gasteiger partial charge in [0.1, 0.15) is 0 Å². The van der Waals surface area contributed by atoms with Crippen molar-refractivity contribution in [3.8, 4) is 0 Å². The van der Waals surface area contributed by atoms with Gasteiger partial charge in [-0.15, -0.1) is 11.3 Å². The number of thiophene rings is 1. The zero-order chi connectivity index (χ0) is 13.1. The Bertz CT molecular complexity index is 547. The maximum Gasteiger partial charge on any atom is 0.320 e. The number of pyridine rings is 1. The molecular formula is C14H15N3OS. The monoisotopic (exact) mass is 273 g/mol. The molecule has 3 rings (SSSR count). The van der Waals surface area contributed by atoms with Crippen molar-refractivity contribution in [2.75, 3.05) is 5.32 Å². The molecule has 0 atom stereocenters. The average molecular weight is 273 g/mol. The second-order valence-electron chi connectivity index (χ2n) is 4.65. The number of nitrogens with zero attached hydrogens (tertiary/aromatic N) is 1. The molecule has 2 amide bonds. The molecule has 5 heteroatoms. The van der Waals surface area contributed by atoms with E-state index in [4.69, 9.17) is 0 Å². The van der Waals surface area contributed by atoms with Crippen molar-refractivity contribution in [2.24, 2.45) is 0 Å². The van der Waals surface area contributed by atoms with Gasteiger partial charge in [0.2, 0.25) is 0 Å². The van der Waals surface area contributed by atoms with E-state index in [1.807, 2.05) is 29.8 Å². The zero-order valence-corrected chi connectivity index (χ0v) is 11.2. The fraction of sp³-hybridized carbons (Fsp3) is 0.286. The van der Waals surface area contributed by atoms with Gasteiger partial charge in [0.15, 0.2) is 0 Å². The number of nitrogens with one attached hydrogen (secondary N) is 2. The van der Waals surface area contributed by atoms with Crippen LogP contribution in [0.5, 0.6) is 0 Å². The van der Waals surface area contributed by atoms with Crippen molar-refractivity contribution in [2.45, 2.75) is 25.3 Å². The summed E-state index contributed by atoms with van der Waals surface area (Å²) < 4.78 is 0. The van der Waals surface area contributed by atoms with Gasteiger partial charge < -0.3 is 5.32 Å². The third-order valence-electron chi connectivity index (χ3n) is 3.05. The Morgan fingerprint density at radius 3 is 2.89 bits per heavy atom. The second kappa shape index (κ2) is 5.40. The maximum absolute atomic E-state index is 11.6. The first-order valence-corrected chi connectivity index (χ1v) is 7.22. The Morgan fingerprint density at radius 1 is 1.37 bits per heavy atom. The summed E-state index contributed by atoms with van der Waals surface area (Å²) in [6, 6.07) is 7.68. The lowest BCUT2D eigenvalue weighted by Gasteiger charge is -2.06. The number of carbonyl (C=O) groups excluding carboxylic acids is 1. The number of hydrogen-bond donors (Lipinski definition) is 2. The molecule has 1 saturated carbocycles. The van der Waals surface area contributed by atoms with Crippen LogP contribution in [0.4, 0.5) is 9.80 Å². The Hall–Kier alpha value is -1.88. The highest BCUT2D eigenvalue weighted by molar-refractivity contribution is 7.14. The molecule has 0 aromatic carbocycles. The molecule has 2 aromatic heterocycles. The summed E-state index contributed by atoms with van der Waals surface area (Å²) in [7, 11) is 0. The van der Waals surface area contributed by atoms with Crippen LogP contribution in [0.3, 0.4) is 0 Å². The first kappa shape index (κ1) is 12.2. The molecule has 1 aliphatic rings. The van der Waals surface area contributed by atoms with E-state index in [1.165, 1.54) is 29.9 Å². The smallest absolute Gasteiger partial charge is 0.320 e. The molecule has 2 heterocycles. The predicted octanol–water partition coefficient (Wildman–Crippen LogP) is 3.34. The van der Waals surface area contributed by atoms with Crippen molar-refractivity contribution in [1.82, 2.24) is 10.3 Å². The summed E-state index contributed by atoms with van der Waals surface area (Å²) in [6.07, 6.45) is 4.36. The third-order valence-corrected chi connectivity index (χ3v) is 3.84. The minimum Gasteiger partial charge on any atom is -0.334 e. The number of carbonyl (C=O) groups is 1. The van der Waals surface area contributed by atoms with E-state index in [1.54, 1.807) is 0 Å². The lowest BCUT2D eigenvalue weighted by atomic mass is 10.2. The van der Waals surface area contributed by atoms with Crippen LogP contribution in [0, 0.1) is 0 Å². The van der Waals surface area contributed by atoms with E-state index in [0.717, 1.165) is 10.6 Å². The normalized spacial score (nSPS) is 14.1. The summed E-state index contributed by atoms with van der Waals surface area (Å²) in [5.41, 5.74) is 2.19. The summed E-state index contributed by atoms with van der Waals surface area (Å²) in [6.45, 7) is 0.495. The van der Waals surface area contributed by atoms with E-state index in [9.17, 15) is 4.79 Å². The number of anilines is 1. The van der Waals surface area contributed by atoms with Crippen molar-refractivity contribution in [3.63, 3.8) is 0 Å². The van der Waals surface area contributed by atoms with Gasteiger partial charge in [0, 0.05) is 24.4 Å². The highest BCUT2D eigenvalue weighted by Gasteiger charge is 2.24. The van der Waals surface area contributed by atoms with Gasteiger partial charge in [-0.05, 0) is 42.0 Å². The Morgan fingerprint density at radius 2 is 2.26 bits per heavy atom. The first-order valence-electron chi connectivity index (χ1n) is 6.34. The molecule has 2 N–H and O–H groups in total. The van der Waals surface area contributed by atoms with Crippen LogP contribution in [-0.2, 0) is 6.54 Å². The number of urea groups is 1. The summed E-state index contributed by atoms with van der Waals surface area (Å²) in [5, 5.41) is 8.37. The molecule has 1 fully saturated rings. The minimum atomic E-state index is -0.186. The van der Waals surface area contributed by atoms with Gasteiger partial charge in [0.25, 0.3) is 0 Å². The third kappa shape index (κ3) is 3.32. The molecule has 19 heavy (non-hydrogen) atoms. The second-order valence-corrected chi connectivity index (χ2v) is 5.60. The number of rotatable bonds is 4. The van der Waals surface area contributed by atoms with Crippen molar-refractivity contribution in [1.29, 1.82) is 0 Å². The van der Waals surface area contributed by atoms with Gasteiger partial charge in [-0.2, -0.15) is 0 Å². The molecular weight excluding hydrogens is 258 g/mol. The molecule has 0 unspecified atom stereocenters. The SMILES string of the molecule is O=C(NCc1ccc(C2CC2)nc1)Nc1cccs1. The summed E-state index contributed by atoms with van der Waals surface area (Å²) in [4.78, 5) is 16.1. The van der Waals surface area contributed by atoms with Gasteiger partial charge >= 0.3 is 6.03 Å². The molecule has 98 valence electrons. The van der Waals surface area contributed by atoms with E-state index >= 15 is 0 Å². The van der Waals surface area contributed by atoms with Crippen molar-refractivity contribution >= 4 is 22.4 Å². The Labute approximate surface area is 115 Å². The maximum atomic E-state index is 11.6. The van der Waals surface area contributed by atoms with Crippen LogP contribution in [0.1, 0.15) is 30.0 Å². The first-order chi connectivity index (χ1) is 9.31. The van der Waals surface area contributed by atoms with Crippen LogP contribution < -0.4 is 10.6 Å². The van der Waals surface area contributed by atoms with Crippen LogP contribution >= 0.6 is 11.3 Å². The van der Waals surface area contributed by atoms with Gasteiger partial charge in [-0.25, -0.2) is 4.79 Å². The van der Waals surface area contributed by atoms with Crippen LogP contribution in [-0.4, -0.2) is 11.0 Å². The van der Waals surface area contributed by atoms with Gasteiger partial charge in [-0.3, -0.25) is 10.3 Å². The summed E-state index contributed by atoms with van der Waals surface area (Å²) >= 11 is 1.50. The lowest BCUT2D eigenvalue weighted by Crippen LogP contribution is -2.27. The fourth-order valence-corrected chi connectivity index (χ4v) is 2.46. The quantitative estimate of drug-likeness (QED) is 0.897. The number of hydrogen-bond acceptors (Lipinski definition) is 3. The van der Waals surface area contributed by atoms with Gasteiger partial charge in [0.05, 0.1) is 5.00 Å². The highest BCUT2D eigenvalue weighted by Crippen LogP contribution is 2.38. The van der Waals surface area contributed by atoms with E-state index in [0.29, 0.717) is 12.5 Å². The topological polar surface area (TPSA) is 54.0 Å². The standard InChI is InChI=1S/C14H15N3OS/c18-14(17-13-2-1-7-19-13)16-9-10-3-6-12(15-8-10)11-4-5-11/h1-3,6-8,11H,4-5,9H2,(H2,16,17,18). The van der Waals surface area contributed by atoms with Gasteiger partial charge in [-0.1, -0.05) is 6.07 Å². The van der Waals surface area contributed by atoms with E-state index in [2.05, 4.69) is 21.7 Å². The fourth-order valence-electron chi connectivity index (χ4n) is 1.85. The number of amides is 2. The molecule has 0 aliphatic heterocycles. The molecule has 0 spiro atoms. The Kier molecular flexibility index (Phi) is 3.46. The van der Waals surface area contributed by atoms with Crippen LogP contribution in [0.25, 0.3) is 0 Å². The number of aromatic nitrogens is 1. The average Bonchev–Trinajstić information content (AvgIpc) is 3.16. The van der Waals surface area contributed by atoms with Crippen molar-refractivity contribution < 1.29 is 4.79 Å². The predicted molar refractivity (Wildman–Crippen MR) is 76.4 cm³/mol. The molecule has 2 aromatic rings. The highest BCUT2D eigenvalue weighted by atomic mass is 32.1. The zero-order valence-electron chi connectivity index (χ0n) is 10.4. The molecule has 1 aliphatic carbocycles. The van der Waals surface area contributed by atoms with Crippen LogP contribution in [0.2, 0.25) is 0 Å². The Balaban J connectivity index is 1.49. The van der Waals surface area contributed by atoms with E-state index in [-0.39, 0.29) is 6.03 Å². The molecule has 0 saturated heterocycles. The minimum absolute atomic E-state index is 0.186. The van der Waals surface area contributed by atoms with Crippen LogP contribution in [0.15, 0.2) is 35.8 Å². The molecule has 0 radical (unpaired) electrons. The molecule has 0 bridgehead atoms. The van der Waals surface area contributed by atoms with E-state index < -0.39 is 0 Å². The molecule has 4 nitrogen and oxygen atoms in total.